The molecular weight excluding hydrogens is 216 g/mol. The van der Waals surface area contributed by atoms with Gasteiger partial charge in [0, 0.05) is 30.4 Å². The molecule has 0 spiro atoms. The summed E-state index contributed by atoms with van der Waals surface area (Å²) in [4.78, 5) is 18.8. The lowest BCUT2D eigenvalue weighted by Gasteiger charge is -1.98. The zero-order valence-electron chi connectivity index (χ0n) is 8.82. The fourth-order valence-electron chi connectivity index (χ4n) is 1.69. The number of carbonyl (C=O) groups is 1. The molecule has 0 fully saturated rings. The van der Waals surface area contributed by atoms with Gasteiger partial charge in [0.25, 0.3) is 0 Å². The van der Waals surface area contributed by atoms with Gasteiger partial charge in [-0.05, 0) is 17.7 Å². The van der Waals surface area contributed by atoms with Crippen molar-refractivity contribution in [2.45, 2.75) is 0 Å². The lowest BCUT2D eigenvalue weighted by atomic mass is 10.1. The number of nitrogens with zero attached hydrogens (tertiary/aromatic N) is 4. The zero-order valence-corrected chi connectivity index (χ0v) is 8.82. The van der Waals surface area contributed by atoms with Gasteiger partial charge < -0.3 is 0 Å². The van der Waals surface area contributed by atoms with Crippen LogP contribution in [-0.2, 0) is 0 Å². The smallest absolute Gasteiger partial charge is 0.162 e. The third-order valence-electron chi connectivity index (χ3n) is 2.50. The third kappa shape index (κ3) is 1.57. The van der Waals surface area contributed by atoms with Gasteiger partial charge >= 0.3 is 0 Å². The minimum Gasteiger partial charge on any atom is -0.298 e. The van der Waals surface area contributed by atoms with Crippen molar-refractivity contribution in [2.75, 3.05) is 0 Å². The van der Waals surface area contributed by atoms with Crippen LogP contribution in [0.25, 0.3) is 16.8 Å². The number of hydrogen-bond donors (Lipinski definition) is 0. The van der Waals surface area contributed by atoms with Gasteiger partial charge in [-0.2, -0.15) is 5.10 Å². The molecule has 0 radical (unpaired) electrons. The number of hydrogen-bond acceptors (Lipinski definition) is 4. The second-order valence-electron chi connectivity index (χ2n) is 3.57. The minimum absolute atomic E-state index is 0.502. The van der Waals surface area contributed by atoms with Gasteiger partial charge in [-0.1, -0.05) is 0 Å². The van der Waals surface area contributed by atoms with Crippen molar-refractivity contribution in [1.82, 2.24) is 19.6 Å². The molecule has 17 heavy (non-hydrogen) atoms. The first-order valence-electron chi connectivity index (χ1n) is 5.07. The average molecular weight is 224 g/mol. The molecule has 0 unspecified atom stereocenters. The van der Waals surface area contributed by atoms with E-state index in [1.807, 2.05) is 12.1 Å². The predicted octanol–water partition coefficient (Wildman–Crippen LogP) is 1.60. The maximum absolute atomic E-state index is 10.6. The quantitative estimate of drug-likeness (QED) is 0.620. The summed E-state index contributed by atoms with van der Waals surface area (Å²) in [5, 5.41) is 4.18. The maximum atomic E-state index is 10.6. The molecule has 0 bridgehead atoms. The number of pyridine rings is 1. The molecule has 0 atom stereocenters. The van der Waals surface area contributed by atoms with E-state index in [2.05, 4.69) is 15.1 Å². The lowest BCUT2D eigenvalue weighted by molar-refractivity contribution is 0.112. The molecule has 0 aliphatic rings. The van der Waals surface area contributed by atoms with E-state index in [-0.39, 0.29) is 0 Å². The molecule has 0 aliphatic heterocycles. The predicted molar refractivity (Wildman–Crippen MR) is 61.6 cm³/mol. The van der Waals surface area contributed by atoms with Crippen LogP contribution in [0.15, 0.2) is 43.1 Å². The molecule has 0 aromatic carbocycles. The molecule has 3 rings (SSSR count). The highest BCUT2D eigenvalue weighted by Gasteiger charge is 2.07. The number of rotatable bonds is 2. The van der Waals surface area contributed by atoms with Gasteiger partial charge in [0.15, 0.2) is 11.9 Å². The molecule has 0 saturated heterocycles. The summed E-state index contributed by atoms with van der Waals surface area (Å²) in [6.45, 7) is 0. The van der Waals surface area contributed by atoms with Crippen LogP contribution in [0.2, 0.25) is 0 Å². The zero-order chi connectivity index (χ0) is 11.7. The van der Waals surface area contributed by atoms with Gasteiger partial charge in [-0.25, -0.2) is 9.50 Å². The summed E-state index contributed by atoms with van der Waals surface area (Å²) in [7, 11) is 0. The molecule has 0 saturated carbocycles. The molecule has 3 heterocycles. The molecule has 5 heteroatoms. The Morgan fingerprint density at radius 2 is 2.00 bits per heavy atom. The summed E-state index contributed by atoms with van der Waals surface area (Å²) < 4.78 is 1.60. The second kappa shape index (κ2) is 3.79. The molecule has 3 aromatic rings. The van der Waals surface area contributed by atoms with Gasteiger partial charge in [-0.15, -0.1) is 0 Å². The van der Waals surface area contributed by atoms with Crippen molar-refractivity contribution >= 4 is 11.9 Å². The topological polar surface area (TPSA) is 60.2 Å². The fraction of sp³-hybridized carbons (Fsp3) is 0. The van der Waals surface area contributed by atoms with Crippen LogP contribution in [0.3, 0.4) is 0 Å². The molecule has 0 amide bonds. The number of aldehydes is 1. The third-order valence-corrected chi connectivity index (χ3v) is 2.50. The highest BCUT2D eigenvalue weighted by molar-refractivity contribution is 5.79. The Balaban J connectivity index is 2.22. The Hall–Kier alpha value is -2.56. The van der Waals surface area contributed by atoms with Crippen LogP contribution < -0.4 is 0 Å². The SMILES string of the molecule is O=Cc1cnc2c(-c3ccncc3)cnn2c1. The Morgan fingerprint density at radius 1 is 1.18 bits per heavy atom. The molecule has 0 aliphatic carbocycles. The normalized spacial score (nSPS) is 10.6. The van der Waals surface area contributed by atoms with E-state index in [0.29, 0.717) is 5.56 Å². The van der Waals surface area contributed by atoms with E-state index >= 15 is 0 Å². The monoisotopic (exact) mass is 224 g/mol. The van der Waals surface area contributed by atoms with Crippen LogP contribution in [0.1, 0.15) is 10.4 Å². The highest BCUT2D eigenvalue weighted by Crippen LogP contribution is 2.21. The molecular formula is C12H8N4O. The van der Waals surface area contributed by atoms with Crippen molar-refractivity contribution in [2.24, 2.45) is 0 Å². The Kier molecular flexibility index (Phi) is 2.15. The van der Waals surface area contributed by atoms with Gasteiger partial charge in [0.2, 0.25) is 0 Å². The first kappa shape index (κ1) is 9.65. The van der Waals surface area contributed by atoms with Crippen molar-refractivity contribution in [3.05, 3.63) is 48.7 Å². The first-order valence-corrected chi connectivity index (χ1v) is 5.07. The summed E-state index contributed by atoms with van der Waals surface area (Å²) in [5.74, 6) is 0. The Bertz CT molecular complexity index is 675. The van der Waals surface area contributed by atoms with E-state index in [9.17, 15) is 4.79 Å². The number of carbonyl (C=O) groups excluding carboxylic acids is 1. The summed E-state index contributed by atoms with van der Waals surface area (Å²) >= 11 is 0. The van der Waals surface area contributed by atoms with Crippen molar-refractivity contribution in [3.63, 3.8) is 0 Å². The number of fused-ring (bicyclic) bond motifs is 1. The highest BCUT2D eigenvalue weighted by atomic mass is 16.1. The van der Waals surface area contributed by atoms with Crippen LogP contribution in [-0.4, -0.2) is 25.9 Å². The van der Waals surface area contributed by atoms with Crippen LogP contribution in [0.5, 0.6) is 0 Å². The molecule has 5 nitrogen and oxygen atoms in total. The Morgan fingerprint density at radius 3 is 2.76 bits per heavy atom. The van der Waals surface area contributed by atoms with Crippen LogP contribution in [0.4, 0.5) is 0 Å². The van der Waals surface area contributed by atoms with E-state index < -0.39 is 0 Å². The van der Waals surface area contributed by atoms with Crippen molar-refractivity contribution in [1.29, 1.82) is 0 Å². The minimum atomic E-state index is 0.502. The standard InChI is InChI=1S/C12H8N4O/c17-8-9-5-14-12-11(6-15-16(12)7-9)10-1-3-13-4-2-10/h1-8H. The molecule has 3 aromatic heterocycles. The number of aromatic nitrogens is 4. The summed E-state index contributed by atoms with van der Waals surface area (Å²) in [6.07, 6.45) is 9.11. The summed E-state index contributed by atoms with van der Waals surface area (Å²) in [5.41, 5.74) is 3.15. The molecule has 0 N–H and O–H groups in total. The van der Waals surface area contributed by atoms with E-state index in [1.165, 1.54) is 6.20 Å². The second-order valence-corrected chi connectivity index (χ2v) is 3.57. The van der Waals surface area contributed by atoms with Gasteiger partial charge in [0.1, 0.15) is 0 Å². The van der Waals surface area contributed by atoms with Crippen LogP contribution in [0, 0.1) is 0 Å². The van der Waals surface area contributed by atoms with E-state index in [4.69, 9.17) is 0 Å². The van der Waals surface area contributed by atoms with Crippen LogP contribution >= 0.6 is 0 Å². The summed E-state index contributed by atoms with van der Waals surface area (Å²) in [6, 6.07) is 3.79. The average Bonchev–Trinajstić information content (AvgIpc) is 2.82. The van der Waals surface area contributed by atoms with Gasteiger partial charge in [0.05, 0.1) is 11.8 Å². The molecule has 82 valence electrons. The fourth-order valence-corrected chi connectivity index (χ4v) is 1.69. The lowest BCUT2D eigenvalue weighted by Crippen LogP contribution is -1.93. The van der Waals surface area contributed by atoms with E-state index in [0.717, 1.165) is 23.1 Å². The van der Waals surface area contributed by atoms with Crippen molar-refractivity contribution in [3.8, 4) is 11.1 Å². The first-order chi connectivity index (χ1) is 8.38. The Labute approximate surface area is 96.8 Å². The van der Waals surface area contributed by atoms with Gasteiger partial charge in [-0.3, -0.25) is 9.78 Å². The maximum Gasteiger partial charge on any atom is 0.162 e. The van der Waals surface area contributed by atoms with E-state index in [1.54, 1.807) is 29.3 Å². The largest absolute Gasteiger partial charge is 0.298 e. The van der Waals surface area contributed by atoms with Crippen molar-refractivity contribution < 1.29 is 4.79 Å².